The van der Waals surface area contributed by atoms with Gasteiger partial charge in [-0.3, -0.25) is 4.31 Å². The van der Waals surface area contributed by atoms with E-state index in [0.717, 1.165) is 5.56 Å². The first kappa shape index (κ1) is 15.1. The Hall–Kier alpha value is -1.84. The molecule has 1 heterocycles. The van der Waals surface area contributed by atoms with Crippen molar-refractivity contribution < 1.29 is 8.42 Å². The number of fused-ring (bicyclic) bond motifs is 1. The van der Waals surface area contributed by atoms with Gasteiger partial charge in [0, 0.05) is 16.9 Å². The Kier molecular flexibility index (Phi) is 3.71. The first-order valence-corrected chi connectivity index (χ1v) is 8.99. The minimum absolute atomic E-state index is 0.127. The van der Waals surface area contributed by atoms with Crippen molar-refractivity contribution in [1.29, 1.82) is 5.26 Å². The molecule has 0 aromatic heterocycles. The number of hydrogen-bond acceptors (Lipinski definition) is 3. The molecule has 3 rings (SSSR count). The largest absolute Gasteiger partial charge is 0.265 e. The highest BCUT2D eigenvalue weighted by Gasteiger charge is 2.34. The second-order valence-corrected chi connectivity index (χ2v) is 8.06. The standard InChI is InChI=1S/C16H13BrN2O2S/c1-11-10-19(16-5-3-2-4-15(11)16)22(20,21)14-7-12(9-18)6-13(17)8-14/h2-8,11H,10H2,1H3/t11-/m0/s1. The van der Waals surface area contributed by atoms with E-state index >= 15 is 0 Å². The molecule has 0 saturated heterocycles. The average Bonchev–Trinajstić information content (AvgIpc) is 2.85. The lowest BCUT2D eigenvalue weighted by Gasteiger charge is -2.20. The summed E-state index contributed by atoms with van der Waals surface area (Å²) in [6, 6.07) is 14.0. The lowest BCUT2D eigenvalue weighted by atomic mass is 10.0. The Morgan fingerprint density at radius 2 is 2.00 bits per heavy atom. The lowest BCUT2D eigenvalue weighted by molar-refractivity contribution is 0.590. The molecule has 22 heavy (non-hydrogen) atoms. The molecule has 2 aromatic rings. The molecule has 1 atom stereocenters. The van der Waals surface area contributed by atoms with Gasteiger partial charge in [-0.1, -0.05) is 41.1 Å². The summed E-state index contributed by atoms with van der Waals surface area (Å²) in [6.07, 6.45) is 0. The van der Waals surface area contributed by atoms with Crippen LogP contribution >= 0.6 is 15.9 Å². The van der Waals surface area contributed by atoms with Crippen LogP contribution < -0.4 is 4.31 Å². The van der Waals surface area contributed by atoms with Crippen LogP contribution in [0.15, 0.2) is 51.8 Å². The number of rotatable bonds is 2. The van der Waals surface area contributed by atoms with Crippen molar-refractivity contribution in [3.63, 3.8) is 0 Å². The van der Waals surface area contributed by atoms with Gasteiger partial charge in [0.1, 0.15) is 0 Å². The van der Waals surface area contributed by atoms with Gasteiger partial charge in [0.25, 0.3) is 10.0 Å². The highest BCUT2D eigenvalue weighted by molar-refractivity contribution is 9.10. The van der Waals surface area contributed by atoms with Gasteiger partial charge >= 0.3 is 0 Å². The average molecular weight is 377 g/mol. The summed E-state index contributed by atoms with van der Waals surface area (Å²) in [4.78, 5) is 0.127. The third-order valence-electron chi connectivity index (χ3n) is 3.76. The summed E-state index contributed by atoms with van der Waals surface area (Å²) in [5.74, 6) is 0.147. The Balaban J connectivity index is 2.13. The van der Waals surface area contributed by atoms with Crippen molar-refractivity contribution in [1.82, 2.24) is 0 Å². The van der Waals surface area contributed by atoms with E-state index in [0.29, 0.717) is 22.3 Å². The number of nitriles is 1. The quantitative estimate of drug-likeness (QED) is 0.803. The molecule has 2 aromatic carbocycles. The molecule has 4 nitrogen and oxygen atoms in total. The highest BCUT2D eigenvalue weighted by Crippen LogP contribution is 2.39. The first-order valence-electron chi connectivity index (χ1n) is 6.76. The molecule has 112 valence electrons. The topological polar surface area (TPSA) is 61.2 Å². The smallest absolute Gasteiger partial charge is 0.264 e. The lowest BCUT2D eigenvalue weighted by Crippen LogP contribution is -2.29. The van der Waals surface area contributed by atoms with E-state index in [1.165, 1.54) is 16.4 Å². The van der Waals surface area contributed by atoms with Crippen molar-refractivity contribution >= 4 is 31.6 Å². The maximum absolute atomic E-state index is 13.0. The molecule has 0 unspecified atom stereocenters. The van der Waals surface area contributed by atoms with Crippen LogP contribution in [0.1, 0.15) is 24.0 Å². The third-order valence-corrected chi connectivity index (χ3v) is 5.98. The summed E-state index contributed by atoms with van der Waals surface area (Å²) in [5.41, 5.74) is 2.06. The molecule has 0 saturated carbocycles. The second kappa shape index (κ2) is 5.41. The SMILES string of the molecule is C[C@H]1CN(S(=O)(=O)c2cc(Br)cc(C#N)c2)c2ccccc21. The fourth-order valence-electron chi connectivity index (χ4n) is 2.71. The zero-order valence-electron chi connectivity index (χ0n) is 11.8. The molecule has 0 amide bonds. The van der Waals surface area contributed by atoms with Gasteiger partial charge in [-0.25, -0.2) is 8.42 Å². The van der Waals surface area contributed by atoms with E-state index in [-0.39, 0.29) is 10.8 Å². The summed E-state index contributed by atoms with van der Waals surface area (Å²) in [5, 5.41) is 9.04. The van der Waals surface area contributed by atoms with Gasteiger partial charge in [-0.2, -0.15) is 5.26 Å². The molecule has 6 heteroatoms. The van der Waals surface area contributed by atoms with Crippen LogP contribution in [0.3, 0.4) is 0 Å². The van der Waals surface area contributed by atoms with Gasteiger partial charge in [0.15, 0.2) is 0 Å². The molecular formula is C16H13BrN2O2S. The van der Waals surface area contributed by atoms with Gasteiger partial charge < -0.3 is 0 Å². The van der Waals surface area contributed by atoms with Gasteiger partial charge in [-0.15, -0.1) is 0 Å². The Morgan fingerprint density at radius 3 is 2.73 bits per heavy atom. The fraction of sp³-hybridized carbons (Fsp3) is 0.188. The molecule has 0 bridgehead atoms. The van der Waals surface area contributed by atoms with Crippen molar-refractivity contribution in [3.05, 3.63) is 58.1 Å². The molecule has 0 N–H and O–H groups in total. The van der Waals surface area contributed by atoms with E-state index < -0.39 is 10.0 Å². The minimum Gasteiger partial charge on any atom is -0.265 e. The number of benzene rings is 2. The van der Waals surface area contributed by atoms with Crippen molar-refractivity contribution in [2.24, 2.45) is 0 Å². The zero-order chi connectivity index (χ0) is 15.9. The number of sulfonamides is 1. The summed E-state index contributed by atoms with van der Waals surface area (Å²) >= 11 is 3.26. The molecule has 1 aliphatic rings. The normalized spacial score (nSPS) is 17.1. The van der Waals surface area contributed by atoms with E-state index in [9.17, 15) is 8.42 Å². The van der Waals surface area contributed by atoms with E-state index in [4.69, 9.17) is 5.26 Å². The number of hydrogen-bond donors (Lipinski definition) is 0. The van der Waals surface area contributed by atoms with Crippen LogP contribution in [-0.2, 0) is 10.0 Å². The third kappa shape index (κ3) is 2.40. The van der Waals surface area contributed by atoms with Crippen LogP contribution in [0, 0.1) is 11.3 Å². The van der Waals surface area contributed by atoms with Crippen LogP contribution in [0.25, 0.3) is 0 Å². The van der Waals surface area contributed by atoms with Crippen LogP contribution in [0.2, 0.25) is 0 Å². The number of halogens is 1. The Bertz CT molecular complexity index is 887. The van der Waals surface area contributed by atoms with E-state index in [1.54, 1.807) is 6.07 Å². The zero-order valence-corrected chi connectivity index (χ0v) is 14.2. The number of nitrogens with zero attached hydrogens (tertiary/aromatic N) is 2. The van der Waals surface area contributed by atoms with Crippen LogP contribution in [0.4, 0.5) is 5.69 Å². The van der Waals surface area contributed by atoms with E-state index in [1.807, 2.05) is 37.3 Å². The van der Waals surface area contributed by atoms with E-state index in [2.05, 4.69) is 15.9 Å². The number of anilines is 1. The summed E-state index contributed by atoms with van der Waals surface area (Å²) < 4.78 is 27.9. The molecule has 0 spiro atoms. The summed E-state index contributed by atoms with van der Waals surface area (Å²) in [6.45, 7) is 2.42. The molecule has 0 radical (unpaired) electrons. The van der Waals surface area contributed by atoms with Crippen LogP contribution in [-0.4, -0.2) is 15.0 Å². The number of para-hydroxylation sites is 1. The summed E-state index contributed by atoms with van der Waals surface area (Å²) in [7, 11) is -3.69. The van der Waals surface area contributed by atoms with Crippen LogP contribution in [0.5, 0.6) is 0 Å². The maximum Gasteiger partial charge on any atom is 0.264 e. The van der Waals surface area contributed by atoms with Crippen molar-refractivity contribution in [3.8, 4) is 6.07 Å². The van der Waals surface area contributed by atoms with Gasteiger partial charge in [0.05, 0.1) is 22.2 Å². The molecule has 0 fully saturated rings. The van der Waals surface area contributed by atoms with Crippen molar-refractivity contribution in [2.45, 2.75) is 17.7 Å². The first-order chi connectivity index (χ1) is 10.4. The van der Waals surface area contributed by atoms with Gasteiger partial charge in [-0.05, 0) is 29.8 Å². The highest BCUT2D eigenvalue weighted by atomic mass is 79.9. The molecular weight excluding hydrogens is 364 g/mol. The fourth-order valence-corrected chi connectivity index (χ4v) is 5.00. The Labute approximate surface area is 138 Å². The predicted molar refractivity (Wildman–Crippen MR) is 88.2 cm³/mol. The molecule has 1 aliphatic heterocycles. The monoisotopic (exact) mass is 376 g/mol. The molecule has 0 aliphatic carbocycles. The van der Waals surface area contributed by atoms with Gasteiger partial charge in [0.2, 0.25) is 0 Å². The maximum atomic E-state index is 13.0. The predicted octanol–water partition coefficient (Wildman–Crippen LogP) is 3.63. The second-order valence-electron chi connectivity index (χ2n) is 5.28. The van der Waals surface area contributed by atoms with Crippen molar-refractivity contribution in [2.75, 3.05) is 10.8 Å². The Morgan fingerprint density at radius 1 is 1.27 bits per heavy atom. The minimum atomic E-state index is -3.69.